The van der Waals surface area contributed by atoms with Gasteiger partial charge in [-0.25, -0.2) is 0 Å². The fourth-order valence-electron chi connectivity index (χ4n) is 3.83. The lowest BCUT2D eigenvalue weighted by atomic mass is 10.0. The average molecular weight is 427 g/mol. The molecule has 0 aliphatic carbocycles. The zero-order chi connectivity index (χ0) is 20.9. The number of aryl methyl sites for hydroxylation is 1. The zero-order valence-corrected chi connectivity index (χ0v) is 17.9. The van der Waals surface area contributed by atoms with Gasteiger partial charge in [0.2, 0.25) is 11.8 Å². The van der Waals surface area contributed by atoms with Crippen molar-refractivity contribution in [1.29, 1.82) is 0 Å². The minimum atomic E-state index is -0.0959. The number of ether oxygens (including phenoxy) is 2. The first-order chi connectivity index (χ1) is 14.6. The summed E-state index contributed by atoms with van der Waals surface area (Å²) in [7, 11) is 0. The smallest absolute Gasteiger partial charge is 0.234 e. The minimum Gasteiger partial charge on any atom is -0.486 e. The third-order valence-corrected chi connectivity index (χ3v) is 6.24. The summed E-state index contributed by atoms with van der Waals surface area (Å²) >= 11 is 1.35. The Balaban J connectivity index is 1.29. The highest BCUT2D eigenvalue weighted by atomic mass is 32.2. The van der Waals surface area contributed by atoms with Gasteiger partial charge < -0.3 is 19.7 Å². The van der Waals surface area contributed by atoms with Crippen LogP contribution in [-0.2, 0) is 9.59 Å². The SMILES string of the molecule is Cc1ccc(NC(=O)CSCC(=O)N2CCC[C@@H]2c2ccc3c(c2)OCCO3)cc1. The van der Waals surface area contributed by atoms with E-state index in [-0.39, 0.29) is 23.6 Å². The van der Waals surface area contributed by atoms with E-state index in [1.165, 1.54) is 11.8 Å². The molecule has 7 heteroatoms. The molecule has 2 heterocycles. The maximum Gasteiger partial charge on any atom is 0.234 e. The number of likely N-dealkylation sites (tertiary alicyclic amines) is 1. The normalized spacial score (nSPS) is 17.6. The molecule has 0 radical (unpaired) electrons. The van der Waals surface area contributed by atoms with Gasteiger partial charge in [0, 0.05) is 12.2 Å². The van der Waals surface area contributed by atoms with E-state index in [2.05, 4.69) is 5.32 Å². The topological polar surface area (TPSA) is 67.9 Å². The lowest BCUT2D eigenvalue weighted by molar-refractivity contribution is -0.129. The fourth-order valence-corrected chi connectivity index (χ4v) is 4.53. The van der Waals surface area contributed by atoms with Gasteiger partial charge in [0.1, 0.15) is 13.2 Å². The van der Waals surface area contributed by atoms with Crippen LogP contribution in [0.2, 0.25) is 0 Å². The number of fused-ring (bicyclic) bond motifs is 1. The number of rotatable bonds is 6. The number of nitrogens with one attached hydrogen (secondary N) is 1. The molecule has 2 aromatic carbocycles. The van der Waals surface area contributed by atoms with Crippen LogP contribution in [0.5, 0.6) is 11.5 Å². The van der Waals surface area contributed by atoms with Crippen LogP contribution in [0.1, 0.15) is 30.0 Å². The predicted octanol–water partition coefficient (Wildman–Crippen LogP) is 3.80. The van der Waals surface area contributed by atoms with E-state index >= 15 is 0 Å². The van der Waals surface area contributed by atoms with Crippen molar-refractivity contribution in [3.05, 3.63) is 53.6 Å². The van der Waals surface area contributed by atoms with Crippen LogP contribution < -0.4 is 14.8 Å². The molecule has 0 aromatic heterocycles. The number of nitrogens with zero attached hydrogens (tertiary/aromatic N) is 1. The summed E-state index contributed by atoms with van der Waals surface area (Å²) in [5, 5.41) is 2.87. The maximum absolute atomic E-state index is 12.8. The fraction of sp³-hybridized carbons (Fsp3) is 0.391. The Labute approximate surface area is 180 Å². The zero-order valence-electron chi connectivity index (χ0n) is 17.1. The Hall–Kier alpha value is -2.67. The highest BCUT2D eigenvalue weighted by molar-refractivity contribution is 8.00. The largest absolute Gasteiger partial charge is 0.486 e. The minimum absolute atomic E-state index is 0.0512. The second kappa shape index (κ2) is 9.43. The van der Waals surface area contributed by atoms with Gasteiger partial charge in [-0.3, -0.25) is 9.59 Å². The van der Waals surface area contributed by atoms with Crippen molar-refractivity contribution < 1.29 is 19.1 Å². The Kier molecular flexibility index (Phi) is 6.47. The van der Waals surface area contributed by atoms with Crippen molar-refractivity contribution >= 4 is 29.3 Å². The molecule has 0 spiro atoms. The second-order valence-electron chi connectivity index (χ2n) is 7.56. The second-order valence-corrected chi connectivity index (χ2v) is 8.54. The monoisotopic (exact) mass is 426 g/mol. The van der Waals surface area contributed by atoms with Crippen LogP contribution in [-0.4, -0.2) is 48.0 Å². The average Bonchev–Trinajstić information content (AvgIpc) is 3.25. The molecular formula is C23H26N2O4S. The molecular weight excluding hydrogens is 400 g/mol. The number of thioether (sulfide) groups is 1. The molecule has 0 bridgehead atoms. The van der Waals surface area contributed by atoms with Crippen LogP contribution in [0.3, 0.4) is 0 Å². The lowest BCUT2D eigenvalue weighted by Gasteiger charge is -2.26. The Morgan fingerprint density at radius 3 is 2.63 bits per heavy atom. The summed E-state index contributed by atoms with van der Waals surface area (Å²) in [6.07, 6.45) is 1.91. The van der Waals surface area contributed by atoms with Crippen molar-refractivity contribution in [2.24, 2.45) is 0 Å². The summed E-state index contributed by atoms with van der Waals surface area (Å²) in [6, 6.07) is 13.7. The van der Waals surface area contributed by atoms with Crippen LogP contribution >= 0.6 is 11.8 Å². The molecule has 6 nitrogen and oxygen atoms in total. The predicted molar refractivity (Wildman–Crippen MR) is 118 cm³/mol. The van der Waals surface area contributed by atoms with E-state index in [0.717, 1.165) is 47.7 Å². The molecule has 1 N–H and O–H groups in total. The maximum atomic E-state index is 12.8. The molecule has 1 saturated heterocycles. The number of hydrogen-bond acceptors (Lipinski definition) is 5. The van der Waals surface area contributed by atoms with Crippen molar-refractivity contribution in [2.75, 3.05) is 36.6 Å². The third-order valence-electron chi connectivity index (χ3n) is 5.32. The first-order valence-corrected chi connectivity index (χ1v) is 11.4. The van der Waals surface area contributed by atoms with Gasteiger partial charge in [0.05, 0.1) is 17.5 Å². The van der Waals surface area contributed by atoms with E-state index < -0.39 is 0 Å². The summed E-state index contributed by atoms with van der Waals surface area (Å²) in [6.45, 7) is 3.86. The Bertz CT molecular complexity index is 916. The summed E-state index contributed by atoms with van der Waals surface area (Å²) in [4.78, 5) is 26.9. The molecule has 158 valence electrons. The molecule has 2 aliphatic heterocycles. The standard InChI is InChI=1S/C23H26N2O4S/c1-16-4-7-18(8-5-16)24-22(26)14-30-15-23(27)25-10-2-3-19(25)17-6-9-20-21(13-17)29-12-11-28-20/h4-9,13,19H,2-3,10-12,14-15H2,1H3,(H,24,26)/t19-/m1/s1. The molecule has 2 aliphatic rings. The molecule has 1 atom stereocenters. The van der Waals surface area contributed by atoms with Crippen LogP contribution in [0.15, 0.2) is 42.5 Å². The van der Waals surface area contributed by atoms with E-state index in [0.29, 0.717) is 19.0 Å². The van der Waals surface area contributed by atoms with Gasteiger partial charge in [-0.15, -0.1) is 11.8 Å². The van der Waals surface area contributed by atoms with Gasteiger partial charge in [0.25, 0.3) is 0 Å². The lowest BCUT2D eigenvalue weighted by Crippen LogP contribution is -2.32. The van der Waals surface area contributed by atoms with Crippen molar-refractivity contribution in [1.82, 2.24) is 4.90 Å². The Morgan fingerprint density at radius 1 is 1.07 bits per heavy atom. The van der Waals surface area contributed by atoms with Gasteiger partial charge in [-0.2, -0.15) is 0 Å². The number of carbonyl (C=O) groups excluding carboxylic acids is 2. The highest BCUT2D eigenvalue weighted by Crippen LogP contribution is 2.38. The van der Waals surface area contributed by atoms with Crippen LogP contribution in [0.4, 0.5) is 5.69 Å². The summed E-state index contributed by atoms with van der Waals surface area (Å²) in [5.41, 5.74) is 2.99. The number of benzene rings is 2. The van der Waals surface area contributed by atoms with Crippen molar-refractivity contribution in [3.63, 3.8) is 0 Å². The number of carbonyl (C=O) groups is 2. The van der Waals surface area contributed by atoms with Crippen LogP contribution in [0, 0.1) is 6.92 Å². The molecule has 0 saturated carbocycles. The van der Waals surface area contributed by atoms with Gasteiger partial charge >= 0.3 is 0 Å². The number of amides is 2. The highest BCUT2D eigenvalue weighted by Gasteiger charge is 2.30. The molecule has 30 heavy (non-hydrogen) atoms. The third kappa shape index (κ3) is 4.90. The summed E-state index contributed by atoms with van der Waals surface area (Å²) in [5.74, 6) is 2.03. The summed E-state index contributed by atoms with van der Waals surface area (Å²) < 4.78 is 11.3. The van der Waals surface area contributed by atoms with Crippen LogP contribution in [0.25, 0.3) is 0 Å². The Morgan fingerprint density at radius 2 is 1.83 bits per heavy atom. The van der Waals surface area contributed by atoms with E-state index in [1.54, 1.807) is 0 Å². The first-order valence-electron chi connectivity index (χ1n) is 10.2. The van der Waals surface area contributed by atoms with Crippen molar-refractivity contribution in [3.8, 4) is 11.5 Å². The van der Waals surface area contributed by atoms with Gasteiger partial charge in [-0.05, 0) is 49.6 Å². The van der Waals surface area contributed by atoms with Gasteiger partial charge in [0.15, 0.2) is 11.5 Å². The first kappa shape index (κ1) is 20.6. The quantitative estimate of drug-likeness (QED) is 0.761. The number of hydrogen-bond donors (Lipinski definition) is 1. The molecule has 4 rings (SSSR count). The van der Waals surface area contributed by atoms with E-state index in [9.17, 15) is 9.59 Å². The number of anilines is 1. The van der Waals surface area contributed by atoms with Crippen molar-refractivity contribution in [2.45, 2.75) is 25.8 Å². The molecule has 2 aromatic rings. The molecule has 0 unspecified atom stereocenters. The van der Waals surface area contributed by atoms with E-state index in [4.69, 9.17) is 9.47 Å². The van der Waals surface area contributed by atoms with Gasteiger partial charge in [-0.1, -0.05) is 23.8 Å². The molecule has 1 fully saturated rings. The molecule has 2 amide bonds. The van der Waals surface area contributed by atoms with E-state index in [1.807, 2.05) is 54.3 Å².